The van der Waals surface area contributed by atoms with Crippen LogP contribution in [0.25, 0.3) is 0 Å². The van der Waals surface area contributed by atoms with Crippen molar-refractivity contribution in [2.75, 3.05) is 20.3 Å². The summed E-state index contributed by atoms with van der Waals surface area (Å²) in [6.45, 7) is 7.04. The molecule has 0 aliphatic rings. The van der Waals surface area contributed by atoms with Crippen LogP contribution in [0.2, 0.25) is 5.02 Å². The summed E-state index contributed by atoms with van der Waals surface area (Å²) in [7, 11) is 1.54. The van der Waals surface area contributed by atoms with Gasteiger partial charge in [0.15, 0.2) is 11.5 Å². The van der Waals surface area contributed by atoms with E-state index in [0.29, 0.717) is 41.2 Å². The molecule has 0 saturated heterocycles. The van der Waals surface area contributed by atoms with E-state index in [-0.39, 0.29) is 4.99 Å². The van der Waals surface area contributed by atoms with E-state index < -0.39 is 0 Å². The number of hydrogen-bond donors (Lipinski definition) is 1. The van der Waals surface area contributed by atoms with Crippen molar-refractivity contribution < 1.29 is 14.2 Å². The van der Waals surface area contributed by atoms with Gasteiger partial charge >= 0.3 is 0 Å². The van der Waals surface area contributed by atoms with Crippen LogP contribution in [0.15, 0.2) is 30.3 Å². The van der Waals surface area contributed by atoms with Gasteiger partial charge in [-0.1, -0.05) is 49.8 Å². The monoisotopic (exact) mass is 393 g/mol. The summed E-state index contributed by atoms with van der Waals surface area (Å²) in [5.74, 6) is 2.20. The first-order valence-electron chi connectivity index (χ1n) is 8.37. The standard InChI is InChI=1S/C20H24ClNO3S/c1-12(2)15-6-5-13(3)9-17(15)24-7-8-25-19-16(21)10-14(20(22)26)11-18(19)23-4/h5-6,9-12H,7-8H2,1-4H3,(H2,22,26). The van der Waals surface area contributed by atoms with Crippen molar-refractivity contribution in [1.29, 1.82) is 0 Å². The molecule has 0 atom stereocenters. The first kappa shape index (κ1) is 20.3. The molecule has 2 aromatic rings. The van der Waals surface area contributed by atoms with Crippen LogP contribution in [-0.2, 0) is 0 Å². The Bertz CT molecular complexity index is 793. The molecule has 140 valence electrons. The third kappa shape index (κ3) is 5.02. The number of methoxy groups -OCH3 is 1. The first-order chi connectivity index (χ1) is 12.3. The highest BCUT2D eigenvalue weighted by Gasteiger charge is 2.14. The van der Waals surface area contributed by atoms with Gasteiger partial charge < -0.3 is 19.9 Å². The van der Waals surface area contributed by atoms with Gasteiger partial charge in [-0.3, -0.25) is 0 Å². The third-order valence-corrected chi connectivity index (χ3v) is 4.41. The molecule has 0 spiro atoms. The summed E-state index contributed by atoms with van der Waals surface area (Å²) >= 11 is 11.3. The molecular formula is C20H24ClNO3S. The Morgan fingerprint density at radius 2 is 1.81 bits per heavy atom. The van der Waals surface area contributed by atoms with Crippen molar-refractivity contribution in [3.8, 4) is 17.2 Å². The summed E-state index contributed by atoms with van der Waals surface area (Å²) in [4.78, 5) is 0.251. The van der Waals surface area contributed by atoms with E-state index in [9.17, 15) is 0 Å². The van der Waals surface area contributed by atoms with E-state index in [0.717, 1.165) is 11.3 Å². The largest absolute Gasteiger partial charge is 0.493 e. The predicted molar refractivity (Wildman–Crippen MR) is 110 cm³/mol. The summed E-state index contributed by atoms with van der Waals surface area (Å²) in [6, 6.07) is 9.61. The molecule has 0 radical (unpaired) electrons. The molecule has 0 heterocycles. The van der Waals surface area contributed by atoms with Crippen molar-refractivity contribution >= 4 is 28.8 Å². The second-order valence-corrected chi connectivity index (χ2v) is 7.09. The van der Waals surface area contributed by atoms with E-state index in [2.05, 4.69) is 26.0 Å². The van der Waals surface area contributed by atoms with Gasteiger partial charge in [0.05, 0.1) is 12.1 Å². The number of benzene rings is 2. The van der Waals surface area contributed by atoms with Crippen molar-refractivity contribution in [2.45, 2.75) is 26.7 Å². The Hall–Kier alpha value is -1.98. The van der Waals surface area contributed by atoms with E-state index in [4.69, 9.17) is 43.8 Å². The summed E-state index contributed by atoms with van der Waals surface area (Å²) in [5, 5.41) is 0.394. The summed E-state index contributed by atoms with van der Waals surface area (Å²) < 4.78 is 17.0. The zero-order chi connectivity index (χ0) is 19.3. The average Bonchev–Trinajstić information content (AvgIpc) is 2.58. The molecule has 2 N–H and O–H groups in total. The van der Waals surface area contributed by atoms with Gasteiger partial charge in [0.1, 0.15) is 24.0 Å². The highest BCUT2D eigenvalue weighted by Crippen LogP contribution is 2.36. The minimum absolute atomic E-state index is 0.251. The molecule has 26 heavy (non-hydrogen) atoms. The summed E-state index contributed by atoms with van der Waals surface area (Å²) in [6.07, 6.45) is 0. The van der Waals surface area contributed by atoms with Gasteiger partial charge in [-0.05, 0) is 42.2 Å². The average molecular weight is 394 g/mol. The van der Waals surface area contributed by atoms with Gasteiger partial charge in [-0.25, -0.2) is 0 Å². The van der Waals surface area contributed by atoms with Crippen LogP contribution in [0.5, 0.6) is 17.2 Å². The number of ether oxygens (including phenoxy) is 3. The van der Waals surface area contributed by atoms with Gasteiger partial charge in [0.2, 0.25) is 0 Å². The maximum Gasteiger partial charge on any atom is 0.179 e. The zero-order valence-electron chi connectivity index (χ0n) is 15.5. The maximum atomic E-state index is 6.28. The van der Waals surface area contributed by atoms with Gasteiger partial charge in [-0.15, -0.1) is 0 Å². The molecule has 0 unspecified atom stereocenters. The lowest BCUT2D eigenvalue weighted by atomic mass is 10.0. The molecule has 4 nitrogen and oxygen atoms in total. The number of aryl methyl sites for hydroxylation is 1. The molecule has 0 bridgehead atoms. The van der Waals surface area contributed by atoms with Gasteiger partial charge in [-0.2, -0.15) is 0 Å². The minimum atomic E-state index is 0.251. The lowest BCUT2D eigenvalue weighted by molar-refractivity contribution is 0.210. The van der Waals surface area contributed by atoms with E-state index in [1.54, 1.807) is 19.2 Å². The lowest BCUT2D eigenvalue weighted by Crippen LogP contribution is -2.13. The Kier molecular flexibility index (Phi) is 7.12. The van der Waals surface area contributed by atoms with E-state index >= 15 is 0 Å². The third-order valence-electron chi connectivity index (χ3n) is 3.89. The fraction of sp³-hybridized carbons (Fsp3) is 0.350. The van der Waals surface area contributed by atoms with Crippen LogP contribution < -0.4 is 19.9 Å². The Labute approximate surface area is 165 Å². The minimum Gasteiger partial charge on any atom is -0.493 e. The second-order valence-electron chi connectivity index (χ2n) is 6.25. The van der Waals surface area contributed by atoms with Crippen molar-refractivity contribution in [3.63, 3.8) is 0 Å². The molecule has 2 rings (SSSR count). The van der Waals surface area contributed by atoms with Gasteiger partial charge in [0, 0.05) is 5.56 Å². The molecule has 2 aromatic carbocycles. The Balaban J connectivity index is 2.05. The van der Waals surface area contributed by atoms with Crippen LogP contribution in [0.1, 0.15) is 36.5 Å². The van der Waals surface area contributed by atoms with Crippen LogP contribution in [0.3, 0.4) is 0 Å². The fourth-order valence-corrected chi connectivity index (χ4v) is 2.92. The van der Waals surface area contributed by atoms with Crippen LogP contribution in [-0.4, -0.2) is 25.3 Å². The SMILES string of the molecule is COc1cc(C(N)=S)cc(Cl)c1OCCOc1cc(C)ccc1C(C)C. The number of hydrogen-bond acceptors (Lipinski definition) is 4. The number of nitrogens with two attached hydrogens (primary N) is 1. The number of halogens is 1. The molecule has 0 aliphatic heterocycles. The summed E-state index contributed by atoms with van der Waals surface area (Å²) in [5.41, 5.74) is 8.61. The molecule has 0 aliphatic carbocycles. The number of rotatable bonds is 8. The van der Waals surface area contributed by atoms with Crippen LogP contribution >= 0.6 is 23.8 Å². The maximum absolute atomic E-state index is 6.28. The van der Waals surface area contributed by atoms with Crippen molar-refractivity contribution in [1.82, 2.24) is 0 Å². The molecule has 0 aromatic heterocycles. The van der Waals surface area contributed by atoms with Crippen molar-refractivity contribution in [3.05, 3.63) is 52.0 Å². The Morgan fingerprint density at radius 1 is 1.12 bits per heavy atom. The fourth-order valence-electron chi connectivity index (χ4n) is 2.54. The molecule has 6 heteroatoms. The lowest BCUT2D eigenvalue weighted by Gasteiger charge is -2.16. The molecule has 0 fully saturated rings. The molecule has 0 saturated carbocycles. The quantitative estimate of drug-likeness (QED) is 0.512. The first-order valence-corrected chi connectivity index (χ1v) is 9.15. The zero-order valence-corrected chi connectivity index (χ0v) is 17.0. The smallest absolute Gasteiger partial charge is 0.179 e. The highest BCUT2D eigenvalue weighted by atomic mass is 35.5. The van der Waals surface area contributed by atoms with Crippen molar-refractivity contribution in [2.24, 2.45) is 5.73 Å². The van der Waals surface area contributed by atoms with Gasteiger partial charge in [0.25, 0.3) is 0 Å². The van der Waals surface area contributed by atoms with E-state index in [1.807, 2.05) is 13.0 Å². The topological polar surface area (TPSA) is 53.7 Å². The number of thiocarbonyl (C=S) groups is 1. The predicted octanol–water partition coefficient (Wildman–Crippen LogP) is 4.87. The van der Waals surface area contributed by atoms with E-state index in [1.165, 1.54) is 5.56 Å². The molecule has 0 amide bonds. The molecular weight excluding hydrogens is 370 g/mol. The van der Waals surface area contributed by atoms with Crippen LogP contribution in [0.4, 0.5) is 0 Å². The Morgan fingerprint density at radius 3 is 2.42 bits per heavy atom. The normalized spacial score (nSPS) is 10.7. The van der Waals surface area contributed by atoms with Crippen LogP contribution in [0, 0.1) is 6.92 Å². The highest BCUT2D eigenvalue weighted by molar-refractivity contribution is 7.80. The second kappa shape index (κ2) is 9.10.